The van der Waals surface area contributed by atoms with Gasteiger partial charge in [-0.2, -0.15) is 0 Å². The lowest BCUT2D eigenvalue weighted by Crippen LogP contribution is -2.48. The second-order valence-corrected chi connectivity index (χ2v) is 6.45. The number of carbonyl (C=O) groups is 2. The van der Waals surface area contributed by atoms with Crippen LogP contribution in [0.1, 0.15) is 51.4 Å². The van der Waals surface area contributed by atoms with Gasteiger partial charge in [0.2, 0.25) is 6.43 Å². The van der Waals surface area contributed by atoms with E-state index in [1.165, 1.54) is 0 Å². The number of halogens is 2. The molecule has 0 aromatic rings. The third-order valence-corrected chi connectivity index (χ3v) is 4.88. The first-order valence-corrected chi connectivity index (χ1v) is 8.03. The van der Waals surface area contributed by atoms with Crippen molar-refractivity contribution in [2.75, 3.05) is 0 Å². The Kier molecular flexibility index (Phi) is 5.97. The lowest BCUT2D eigenvalue weighted by molar-refractivity contribution is -0.142. The van der Waals surface area contributed by atoms with Crippen LogP contribution in [0.2, 0.25) is 0 Å². The molecule has 7 heteroatoms. The van der Waals surface area contributed by atoms with Crippen molar-refractivity contribution in [3.8, 4) is 0 Å². The zero-order valence-electron chi connectivity index (χ0n) is 12.6. The van der Waals surface area contributed by atoms with Crippen LogP contribution in [0.4, 0.5) is 13.6 Å². The summed E-state index contributed by atoms with van der Waals surface area (Å²) in [5.74, 6) is -1.60. The molecule has 3 N–H and O–H groups in total. The smallest absolute Gasteiger partial charge is 0.315 e. The van der Waals surface area contributed by atoms with Crippen LogP contribution in [0.25, 0.3) is 0 Å². The van der Waals surface area contributed by atoms with Gasteiger partial charge in [0, 0.05) is 18.0 Å². The number of hydrogen-bond donors (Lipinski definition) is 3. The number of aliphatic carboxylic acids is 1. The fourth-order valence-corrected chi connectivity index (χ4v) is 3.41. The Balaban J connectivity index is 1.66. The van der Waals surface area contributed by atoms with Gasteiger partial charge >= 0.3 is 12.0 Å². The molecule has 0 aliphatic heterocycles. The minimum atomic E-state index is -2.26. The van der Waals surface area contributed by atoms with Gasteiger partial charge < -0.3 is 15.7 Å². The molecule has 0 unspecified atom stereocenters. The van der Waals surface area contributed by atoms with E-state index in [4.69, 9.17) is 5.11 Å². The summed E-state index contributed by atoms with van der Waals surface area (Å²) in [6.45, 7) is 0. The van der Waals surface area contributed by atoms with E-state index in [1.54, 1.807) is 0 Å². The van der Waals surface area contributed by atoms with E-state index >= 15 is 0 Å². The number of nitrogens with one attached hydrogen (secondary N) is 2. The largest absolute Gasteiger partial charge is 0.481 e. The Bertz CT molecular complexity index is 390. The molecule has 0 heterocycles. The van der Waals surface area contributed by atoms with Gasteiger partial charge in [0.25, 0.3) is 0 Å². The molecule has 0 atom stereocenters. The minimum absolute atomic E-state index is 0.00741. The van der Waals surface area contributed by atoms with Gasteiger partial charge in [-0.25, -0.2) is 13.6 Å². The average molecular weight is 318 g/mol. The van der Waals surface area contributed by atoms with Gasteiger partial charge in [-0.05, 0) is 51.4 Å². The maximum atomic E-state index is 12.6. The molecular formula is C15H24F2N2O3. The number of amides is 2. The van der Waals surface area contributed by atoms with E-state index in [0.717, 1.165) is 0 Å². The normalized spacial score (nSPS) is 32.5. The van der Waals surface area contributed by atoms with Crippen molar-refractivity contribution in [2.24, 2.45) is 11.8 Å². The Labute approximate surface area is 128 Å². The number of carboxylic acids is 1. The number of alkyl halides is 2. The lowest BCUT2D eigenvalue weighted by atomic mass is 9.86. The topological polar surface area (TPSA) is 78.4 Å². The third-order valence-electron chi connectivity index (χ3n) is 4.88. The van der Waals surface area contributed by atoms with Gasteiger partial charge in [-0.1, -0.05) is 0 Å². The highest BCUT2D eigenvalue weighted by atomic mass is 19.3. The number of hydrogen-bond acceptors (Lipinski definition) is 2. The van der Waals surface area contributed by atoms with Crippen molar-refractivity contribution in [1.29, 1.82) is 0 Å². The number of rotatable bonds is 4. The van der Waals surface area contributed by atoms with Crippen molar-refractivity contribution in [2.45, 2.75) is 69.9 Å². The van der Waals surface area contributed by atoms with Crippen molar-refractivity contribution < 1.29 is 23.5 Å². The summed E-state index contributed by atoms with van der Waals surface area (Å²) in [4.78, 5) is 22.8. The maximum Gasteiger partial charge on any atom is 0.315 e. The second kappa shape index (κ2) is 7.74. The zero-order chi connectivity index (χ0) is 16.1. The molecule has 0 spiro atoms. The first kappa shape index (κ1) is 17.0. The van der Waals surface area contributed by atoms with Gasteiger partial charge in [0.1, 0.15) is 0 Å². The van der Waals surface area contributed by atoms with Gasteiger partial charge in [0.15, 0.2) is 0 Å². The predicted molar refractivity (Wildman–Crippen MR) is 76.8 cm³/mol. The predicted octanol–water partition coefficient (Wildman–Crippen LogP) is 2.75. The van der Waals surface area contributed by atoms with Crippen LogP contribution in [0.15, 0.2) is 0 Å². The highest BCUT2D eigenvalue weighted by molar-refractivity contribution is 5.74. The monoisotopic (exact) mass is 318 g/mol. The van der Waals surface area contributed by atoms with E-state index in [1.807, 2.05) is 0 Å². The molecule has 2 aliphatic carbocycles. The average Bonchev–Trinajstić information content (AvgIpc) is 2.48. The van der Waals surface area contributed by atoms with E-state index in [9.17, 15) is 18.4 Å². The van der Waals surface area contributed by atoms with E-state index in [0.29, 0.717) is 51.4 Å². The molecule has 2 saturated carbocycles. The summed E-state index contributed by atoms with van der Waals surface area (Å²) in [6.07, 6.45) is 2.32. The molecule has 5 nitrogen and oxygen atoms in total. The number of urea groups is 1. The first-order chi connectivity index (χ1) is 10.5. The molecule has 2 aliphatic rings. The Hall–Kier alpha value is -1.40. The molecule has 0 aromatic heterocycles. The summed E-state index contributed by atoms with van der Waals surface area (Å²) in [6, 6.07) is -0.294. The second-order valence-electron chi connectivity index (χ2n) is 6.45. The molecular weight excluding hydrogens is 294 g/mol. The summed E-state index contributed by atoms with van der Waals surface area (Å²) < 4.78 is 25.1. The van der Waals surface area contributed by atoms with Crippen LogP contribution in [0.3, 0.4) is 0 Å². The fourth-order valence-electron chi connectivity index (χ4n) is 3.41. The van der Waals surface area contributed by atoms with E-state index in [2.05, 4.69) is 10.6 Å². The van der Waals surface area contributed by atoms with Crippen molar-refractivity contribution in [3.05, 3.63) is 0 Å². The number of carboxylic acid groups (broad SMARTS) is 1. The maximum absolute atomic E-state index is 12.6. The van der Waals surface area contributed by atoms with Crippen molar-refractivity contribution in [3.63, 3.8) is 0 Å². The summed E-state index contributed by atoms with van der Waals surface area (Å²) >= 11 is 0. The fraction of sp³-hybridized carbons (Fsp3) is 0.867. The third kappa shape index (κ3) is 4.81. The molecule has 2 amide bonds. The SMILES string of the molecule is O=C(NC1CCC(C(=O)O)CC1)NC1CCC(C(F)F)CC1. The van der Waals surface area contributed by atoms with Gasteiger partial charge in [-0.15, -0.1) is 0 Å². The standard InChI is InChI=1S/C15H24F2N2O3/c16-13(17)9-1-5-11(6-2-9)18-15(22)19-12-7-3-10(4-8-12)14(20)21/h9-13H,1-8H2,(H,20,21)(H2,18,19,22). The Morgan fingerprint density at radius 2 is 1.32 bits per heavy atom. The Morgan fingerprint density at radius 3 is 1.73 bits per heavy atom. The highest BCUT2D eigenvalue weighted by Gasteiger charge is 2.29. The number of carbonyl (C=O) groups excluding carboxylic acids is 1. The zero-order valence-corrected chi connectivity index (χ0v) is 12.6. The Morgan fingerprint density at radius 1 is 0.864 bits per heavy atom. The van der Waals surface area contributed by atoms with Gasteiger partial charge in [0.05, 0.1) is 5.92 Å². The van der Waals surface area contributed by atoms with Crippen LogP contribution in [-0.2, 0) is 4.79 Å². The summed E-state index contributed by atoms with van der Waals surface area (Å²) in [7, 11) is 0. The molecule has 0 radical (unpaired) electrons. The molecule has 0 aromatic carbocycles. The molecule has 2 rings (SSSR count). The van der Waals surface area contributed by atoms with Crippen LogP contribution < -0.4 is 10.6 Å². The highest BCUT2D eigenvalue weighted by Crippen LogP contribution is 2.29. The van der Waals surface area contributed by atoms with E-state index in [-0.39, 0.29) is 24.0 Å². The summed E-state index contributed by atoms with van der Waals surface area (Å²) in [5.41, 5.74) is 0. The van der Waals surface area contributed by atoms with Crippen LogP contribution in [0.5, 0.6) is 0 Å². The van der Waals surface area contributed by atoms with Crippen LogP contribution in [-0.4, -0.2) is 35.6 Å². The molecule has 2 fully saturated rings. The van der Waals surface area contributed by atoms with Crippen LogP contribution >= 0.6 is 0 Å². The van der Waals surface area contributed by atoms with Crippen molar-refractivity contribution >= 4 is 12.0 Å². The first-order valence-electron chi connectivity index (χ1n) is 8.03. The summed E-state index contributed by atoms with van der Waals surface area (Å²) in [5, 5.41) is 14.6. The molecule has 126 valence electrons. The van der Waals surface area contributed by atoms with Crippen molar-refractivity contribution in [1.82, 2.24) is 10.6 Å². The quantitative estimate of drug-likeness (QED) is 0.746. The minimum Gasteiger partial charge on any atom is -0.481 e. The van der Waals surface area contributed by atoms with Crippen LogP contribution in [0, 0.1) is 11.8 Å². The molecule has 22 heavy (non-hydrogen) atoms. The van der Waals surface area contributed by atoms with E-state index < -0.39 is 18.3 Å². The molecule has 0 saturated heterocycles. The molecule has 0 bridgehead atoms. The van der Waals surface area contributed by atoms with Gasteiger partial charge in [-0.3, -0.25) is 4.79 Å². The lowest BCUT2D eigenvalue weighted by Gasteiger charge is -2.30.